The number of hydrogen-bond acceptors (Lipinski definition) is 3. The van der Waals surface area contributed by atoms with Crippen LogP contribution < -0.4 is 4.74 Å². The molecule has 1 fully saturated rings. The van der Waals surface area contributed by atoms with Crippen LogP contribution in [0.25, 0.3) is 0 Å². The zero-order chi connectivity index (χ0) is 21.9. The van der Waals surface area contributed by atoms with E-state index in [9.17, 15) is 4.79 Å². The van der Waals surface area contributed by atoms with Crippen LogP contribution in [0.15, 0.2) is 74.6 Å². The Morgan fingerprint density at radius 3 is 2.37 bits per heavy atom. The molecule has 3 nitrogen and oxygen atoms in total. The quantitative estimate of drug-likeness (QED) is 0.312. The molecule has 7 heteroatoms. The molecule has 0 amide bonds. The van der Waals surface area contributed by atoms with Gasteiger partial charge in [-0.15, -0.1) is 0 Å². The van der Waals surface area contributed by atoms with Gasteiger partial charge in [-0.2, -0.15) is 0 Å². The smallest absolute Gasteiger partial charge is 0.311 e. The second-order valence-corrected chi connectivity index (χ2v) is 11.4. The van der Waals surface area contributed by atoms with Crippen LogP contribution in [0, 0.1) is 17.3 Å². The van der Waals surface area contributed by atoms with Gasteiger partial charge in [0.05, 0.1) is 9.31 Å². The first-order chi connectivity index (χ1) is 14.2. The van der Waals surface area contributed by atoms with Gasteiger partial charge in [0.2, 0.25) is 0 Å². The molecule has 1 aliphatic carbocycles. The predicted octanol–water partition coefficient (Wildman–Crippen LogP) is 8.29. The van der Waals surface area contributed by atoms with Crippen LogP contribution in [0.4, 0.5) is 0 Å². The molecule has 3 rings (SSSR count). The maximum Gasteiger partial charge on any atom is 0.311 e. The molecule has 3 atom stereocenters. The van der Waals surface area contributed by atoms with Crippen LogP contribution in [-0.4, -0.2) is 5.97 Å². The number of halogens is 4. The van der Waals surface area contributed by atoms with Crippen molar-refractivity contribution in [2.45, 2.75) is 20.0 Å². The topological polar surface area (TPSA) is 35.5 Å². The molecule has 2 aromatic carbocycles. The number of carbonyl (C=O) groups is 1. The third-order valence-electron chi connectivity index (χ3n) is 5.16. The molecule has 30 heavy (non-hydrogen) atoms. The van der Waals surface area contributed by atoms with Crippen molar-refractivity contribution in [3.8, 4) is 11.5 Å². The van der Waals surface area contributed by atoms with E-state index in [1.54, 1.807) is 0 Å². The Labute approximate surface area is 203 Å². The summed E-state index contributed by atoms with van der Waals surface area (Å²) in [5, 5.41) is 0. The molecule has 0 N–H and O–H groups in total. The first-order valence-electron chi connectivity index (χ1n) is 9.27. The fraction of sp³-hybridized carbons (Fsp3) is 0.261. The predicted molar refractivity (Wildman–Crippen MR) is 128 cm³/mol. The van der Waals surface area contributed by atoms with Gasteiger partial charge in [-0.3, -0.25) is 4.79 Å². The van der Waals surface area contributed by atoms with Gasteiger partial charge < -0.3 is 9.47 Å². The van der Waals surface area contributed by atoms with E-state index < -0.39 is 6.10 Å². The Kier molecular flexibility index (Phi) is 7.72. The summed E-state index contributed by atoms with van der Waals surface area (Å²) in [6, 6.07) is 16.8. The third-order valence-corrected chi connectivity index (χ3v) is 5.94. The van der Waals surface area contributed by atoms with Crippen molar-refractivity contribution < 1.29 is 14.3 Å². The minimum Gasteiger partial charge on any atom is -0.457 e. The standard InChI is InChI=1S/C23H20Br2Cl2O3/c1-23(2)17(12-19(24)25)21(23)22(28)30-18(13-20(26)27)14-7-6-10-16(11-14)29-15-8-4-3-5-9-15/h3-13,17-18,21H,1-2H3. The van der Waals surface area contributed by atoms with Crippen LogP contribution in [0.5, 0.6) is 11.5 Å². The summed E-state index contributed by atoms with van der Waals surface area (Å²) in [7, 11) is 0. The summed E-state index contributed by atoms with van der Waals surface area (Å²) in [6.07, 6.45) is 2.75. The normalized spacial score (nSPS) is 19.9. The maximum atomic E-state index is 12.9. The lowest BCUT2D eigenvalue weighted by Gasteiger charge is -2.17. The lowest BCUT2D eigenvalue weighted by Crippen LogP contribution is -2.14. The molecule has 0 radical (unpaired) electrons. The van der Waals surface area contributed by atoms with Crippen molar-refractivity contribution in [1.82, 2.24) is 0 Å². The van der Waals surface area contributed by atoms with Gasteiger partial charge in [-0.05, 0) is 73.5 Å². The van der Waals surface area contributed by atoms with Crippen molar-refractivity contribution in [3.63, 3.8) is 0 Å². The second-order valence-electron chi connectivity index (χ2n) is 7.58. The summed E-state index contributed by atoms with van der Waals surface area (Å²) in [5.74, 6) is 0.852. The Balaban J connectivity index is 1.80. The average molecular weight is 575 g/mol. The average Bonchev–Trinajstić information content (AvgIpc) is 3.21. The van der Waals surface area contributed by atoms with Gasteiger partial charge in [-0.25, -0.2) is 0 Å². The third kappa shape index (κ3) is 5.91. The van der Waals surface area contributed by atoms with E-state index in [1.807, 2.05) is 74.5 Å². The highest BCUT2D eigenvalue weighted by Crippen LogP contribution is 2.60. The van der Waals surface area contributed by atoms with Gasteiger partial charge in [0.25, 0.3) is 0 Å². The van der Waals surface area contributed by atoms with E-state index in [0.29, 0.717) is 17.1 Å². The molecular formula is C23H20Br2Cl2O3. The van der Waals surface area contributed by atoms with Gasteiger partial charge in [0, 0.05) is 5.56 Å². The molecule has 0 aliphatic heterocycles. The molecule has 0 bridgehead atoms. The zero-order valence-corrected chi connectivity index (χ0v) is 21.0. The summed E-state index contributed by atoms with van der Waals surface area (Å²) >= 11 is 18.5. The van der Waals surface area contributed by atoms with E-state index in [4.69, 9.17) is 32.7 Å². The van der Waals surface area contributed by atoms with E-state index in [0.717, 1.165) is 3.39 Å². The monoisotopic (exact) mass is 572 g/mol. The summed E-state index contributed by atoms with van der Waals surface area (Å²) in [6.45, 7) is 4.08. The Morgan fingerprint density at radius 2 is 1.73 bits per heavy atom. The van der Waals surface area contributed by atoms with Gasteiger partial charge in [0.15, 0.2) is 0 Å². The van der Waals surface area contributed by atoms with E-state index in [-0.39, 0.29) is 27.7 Å². The van der Waals surface area contributed by atoms with Gasteiger partial charge in [0.1, 0.15) is 22.1 Å². The molecule has 2 aromatic rings. The molecule has 0 saturated heterocycles. The van der Waals surface area contributed by atoms with Crippen LogP contribution in [0.2, 0.25) is 0 Å². The van der Waals surface area contributed by atoms with Gasteiger partial charge in [-0.1, -0.05) is 73.5 Å². The number of allylic oxidation sites excluding steroid dienone is 1. The molecule has 1 saturated carbocycles. The highest BCUT2D eigenvalue weighted by atomic mass is 79.9. The summed E-state index contributed by atoms with van der Waals surface area (Å²) < 4.78 is 12.6. The zero-order valence-electron chi connectivity index (χ0n) is 16.3. The number of para-hydroxylation sites is 1. The summed E-state index contributed by atoms with van der Waals surface area (Å²) in [5.41, 5.74) is 0.518. The van der Waals surface area contributed by atoms with Crippen LogP contribution in [-0.2, 0) is 9.53 Å². The molecule has 3 unspecified atom stereocenters. The Morgan fingerprint density at radius 1 is 1.07 bits per heavy atom. The molecule has 0 spiro atoms. The van der Waals surface area contributed by atoms with Crippen molar-refractivity contribution in [1.29, 1.82) is 0 Å². The Hall–Kier alpha value is -1.27. The fourth-order valence-electron chi connectivity index (χ4n) is 3.47. The molecule has 0 heterocycles. The van der Waals surface area contributed by atoms with Crippen molar-refractivity contribution >= 4 is 61.0 Å². The van der Waals surface area contributed by atoms with Crippen LogP contribution in [0.1, 0.15) is 25.5 Å². The largest absolute Gasteiger partial charge is 0.457 e. The molecule has 158 valence electrons. The fourth-order valence-corrected chi connectivity index (χ4v) is 4.26. The number of benzene rings is 2. The van der Waals surface area contributed by atoms with E-state index >= 15 is 0 Å². The number of ether oxygens (including phenoxy) is 2. The van der Waals surface area contributed by atoms with E-state index in [1.165, 1.54) is 6.08 Å². The molecular weight excluding hydrogens is 555 g/mol. The van der Waals surface area contributed by atoms with E-state index in [2.05, 4.69) is 31.9 Å². The van der Waals surface area contributed by atoms with Crippen LogP contribution in [0.3, 0.4) is 0 Å². The number of carbonyl (C=O) groups excluding carboxylic acids is 1. The minimum absolute atomic E-state index is 0.0249. The lowest BCUT2D eigenvalue weighted by atomic mass is 10.1. The highest BCUT2D eigenvalue weighted by Gasteiger charge is 2.61. The lowest BCUT2D eigenvalue weighted by molar-refractivity contribution is -0.149. The highest BCUT2D eigenvalue weighted by molar-refractivity contribution is 9.28. The number of esters is 1. The van der Waals surface area contributed by atoms with Gasteiger partial charge >= 0.3 is 5.97 Å². The number of rotatable bonds is 7. The first kappa shape index (κ1) is 23.4. The Bertz CT molecular complexity index is 965. The molecule has 0 aromatic heterocycles. The molecule has 1 aliphatic rings. The maximum absolute atomic E-state index is 12.9. The SMILES string of the molecule is CC1(C)C(C=C(Br)Br)C1C(=O)OC(C=C(Cl)Cl)c1cccc(Oc2ccccc2)c1. The minimum atomic E-state index is -0.727. The van der Waals surface area contributed by atoms with Crippen molar-refractivity contribution in [2.75, 3.05) is 0 Å². The summed E-state index contributed by atoms with van der Waals surface area (Å²) in [4.78, 5) is 12.9. The first-order valence-corrected chi connectivity index (χ1v) is 11.6. The van der Waals surface area contributed by atoms with Crippen LogP contribution >= 0.6 is 55.1 Å². The number of hydrogen-bond donors (Lipinski definition) is 0. The second kappa shape index (κ2) is 9.90. The van der Waals surface area contributed by atoms with Crippen molar-refractivity contribution in [2.24, 2.45) is 17.3 Å². The van der Waals surface area contributed by atoms with Crippen molar-refractivity contribution in [3.05, 3.63) is 80.2 Å².